The Morgan fingerprint density at radius 3 is 2.15 bits per heavy atom. The second kappa shape index (κ2) is 13.4. The summed E-state index contributed by atoms with van der Waals surface area (Å²) in [5.41, 5.74) is 0.694. The molecular weight excluding hydrogens is 609 g/mol. The first kappa shape index (κ1) is 32.1. The molecule has 0 radical (unpaired) electrons. The van der Waals surface area contributed by atoms with Crippen LogP contribution in [0.2, 0.25) is 0 Å². The number of hydrogen-bond acceptors (Lipinski definition) is 4. The molecule has 0 aliphatic heterocycles. The number of para-hydroxylation sites is 1. The molecule has 0 unspecified atom stereocenters. The van der Waals surface area contributed by atoms with E-state index in [4.69, 9.17) is 4.74 Å². The smallest absolute Gasteiger partial charge is 0.416 e. The van der Waals surface area contributed by atoms with E-state index in [2.05, 4.69) is 5.10 Å². The van der Waals surface area contributed by atoms with Crippen LogP contribution in [-0.4, -0.2) is 32.0 Å². The predicted molar refractivity (Wildman–Crippen MR) is 160 cm³/mol. The summed E-state index contributed by atoms with van der Waals surface area (Å²) in [5, 5.41) is 13.6. The average Bonchev–Trinajstić information content (AvgIpc) is 3.33. The fourth-order valence-corrected chi connectivity index (χ4v) is 5.13. The molecule has 238 valence electrons. The number of benzene rings is 4. The summed E-state index contributed by atoms with van der Waals surface area (Å²) in [7, 11) is 0. The van der Waals surface area contributed by atoms with Crippen molar-refractivity contribution in [2.45, 2.75) is 38.8 Å². The highest BCUT2D eigenvalue weighted by Crippen LogP contribution is 2.30. The van der Waals surface area contributed by atoms with Crippen molar-refractivity contribution in [3.05, 3.63) is 130 Å². The first-order chi connectivity index (χ1) is 22.0. The van der Waals surface area contributed by atoms with Crippen LogP contribution >= 0.6 is 0 Å². The number of rotatable bonds is 11. The molecule has 0 aliphatic carbocycles. The molecule has 1 heterocycles. The molecule has 7 nitrogen and oxygen atoms in total. The van der Waals surface area contributed by atoms with Crippen LogP contribution < -0.4 is 10.4 Å². The van der Waals surface area contributed by atoms with Crippen molar-refractivity contribution < 1.29 is 36.6 Å². The quantitative estimate of drug-likeness (QED) is 0.155. The van der Waals surface area contributed by atoms with Crippen molar-refractivity contribution in [2.75, 3.05) is 6.61 Å². The minimum Gasteiger partial charge on any atom is -0.494 e. The van der Waals surface area contributed by atoms with Gasteiger partial charge in [0.1, 0.15) is 28.9 Å². The Morgan fingerprint density at radius 2 is 1.54 bits per heavy atom. The molecule has 46 heavy (non-hydrogen) atoms. The molecule has 5 aromatic rings. The van der Waals surface area contributed by atoms with E-state index < -0.39 is 40.7 Å². The van der Waals surface area contributed by atoms with Crippen molar-refractivity contribution >= 4 is 5.97 Å². The van der Waals surface area contributed by atoms with Gasteiger partial charge in [0.25, 0.3) is 0 Å². The molecule has 0 bridgehead atoms. The van der Waals surface area contributed by atoms with E-state index in [9.17, 15) is 36.6 Å². The lowest BCUT2D eigenvalue weighted by Gasteiger charge is -2.12. The summed E-state index contributed by atoms with van der Waals surface area (Å²) < 4.78 is 76.0. The first-order valence-electron chi connectivity index (χ1n) is 14.4. The van der Waals surface area contributed by atoms with Gasteiger partial charge in [-0.05, 0) is 85.0 Å². The highest BCUT2D eigenvalue weighted by Gasteiger charge is 2.30. The number of aliphatic carboxylic acids is 1. The van der Waals surface area contributed by atoms with Crippen LogP contribution in [0, 0.1) is 11.6 Å². The summed E-state index contributed by atoms with van der Waals surface area (Å²) in [5.74, 6) is -2.41. The van der Waals surface area contributed by atoms with E-state index in [1.807, 2.05) is 37.3 Å². The second-order valence-electron chi connectivity index (χ2n) is 10.4. The van der Waals surface area contributed by atoms with Crippen molar-refractivity contribution in [3.63, 3.8) is 0 Å². The Balaban J connectivity index is 1.38. The monoisotopic (exact) mass is 637 g/mol. The van der Waals surface area contributed by atoms with Crippen LogP contribution in [-0.2, 0) is 30.2 Å². The topological polar surface area (TPSA) is 86.4 Å². The van der Waals surface area contributed by atoms with Crippen LogP contribution in [0.1, 0.15) is 35.9 Å². The highest BCUT2D eigenvalue weighted by atomic mass is 19.4. The summed E-state index contributed by atoms with van der Waals surface area (Å²) in [4.78, 5) is 24.7. The zero-order valence-electron chi connectivity index (χ0n) is 24.5. The van der Waals surface area contributed by atoms with Gasteiger partial charge < -0.3 is 9.84 Å². The summed E-state index contributed by atoms with van der Waals surface area (Å²) in [6, 6.07) is 19.8. The molecule has 1 N–H and O–H groups in total. The molecule has 0 saturated heterocycles. The van der Waals surface area contributed by atoms with Gasteiger partial charge in [-0.3, -0.25) is 4.79 Å². The Kier molecular flexibility index (Phi) is 9.36. The Labute approximate surface area is 260 Å². The summed E-state index contributed by atoms with van der Waals surface area (Å²) >= 11 is 0. The van der Waals surface area contributed by atoms with Gasteiger partial charge in [0.2, 0.25) is 0 Å². The van der Waals surface area contributed by atoms with E-state index in [0.29, 0.717) is 30.8 Å². The molecule has 0 saturated carbocycles. The third-order valence-electron chi connectivity index (χ3n) is 7.30. The zero-order valence-corrected chi connectivity index (χ0v) is 24.5. The number of aryl methyl sites for hydroxylation is 2. The van der Waals surface area contributed by atoms with E-state index >= 15 is 0 Å². The standard InChI is InChI=1S/C34H28F5N3O4/c1-2-46-29-18-13-23(19-24(29)20-31(43)44)22-11-9-21(10-12-22)5-3-8-30-40-42(26-16-14-25(15-17-26)34(37,38)39)33(45)41(30)32-27(35)6-4-7-28(32)36/h4,6-7,9-19H,2-3,5,8,20H2,1H3,(H,43,44). The maximum atomic E-state index is 14.8. The van der Waals surface area contributed by atoms with Crippen molar-refractivity contribution in [3.8, 4) is 28.3 Å². The number of alkyl halides is 3. The molecule has 4 aromatic carbocycles. The number of carbonyl (C=O) groups is 1. The van der Waals surface area contributed by atoms with Crippen LogP contribution in [0.5, 0.6) is 5.75 Å². The molecule has 12 heteroatoms. The molecule has 0 spiro atoms. The minimum atomic E-state index is -4.58. The molecule has 0 atom stereocenters. The Bertz CT molecular complexity index is 1890. The van der Waals surface area contributed by atoms with Crippen LogP contribution in [0.4, 0.5) is 22.0 Å². The fourth-order valence-electron chi connectivity index (χ4n) is 5.13. The van der Waals surface area contributed by atoms with Crippen molar-refractivity contribution in [1.82, 2.24) is 14.3 Å². The summed E-state index contributed by atoms with van der Waals surface area (Å²) in [6.07, 6.45) is -3.72. The lowest BCUT2D eigenvalue weighted by Crippen LogP contribution is -2.25. The van der Waals surface area contributed by atoms with Gasteiger partial charge in [0.05, 0.1) is 24.3 Å². The van der Waals surface area contributed by atoms with Crippen molar-refractivity contribution in [1.29, 1.82) is 0 Å². The summed E-state index contributed by atoms with van der Waals surface area (Å²) in [6.45, 7) is 2.22. The lowest BCUT2D eigenvalue weighted by molar-refractivity contribution is -0.138. The van der Waals surface area contributed by atoms with Gasteiger partial charge in [-0.15, -0.1) is 5.10 Å². The van der Waals surface area contributed by atoms with Gasteiger partial charge in [-0.1, -0.05) is 36.4 Å². The number of nitrogens with zero attached hydrogens (tertiary/aromatic N) is 3. The number of carboxylic acid groups (broad SMARTS) is 1. The van der Waals surface area contributed by atoms with Gasteiger partial charge in [0.15, 0.2) is 0 Å². The van der Waals surface area contributed by atoms with E-state index in [1.165, 1.54) is 0 Å². The van der Waals surface area contributed by atoms with E-state index in [-0.39, 0.29) is 24.4 Å². The number of carboxylic acids is 1. The Hall–Kier alpha value is -5.26. The first-order valence-corrected chi connectivity index (χ1v) is 14.4. The number of halogens is 5. The fraction of sp³-hybridized carbons (Fsp3) is 0.206. The molecule has 0 aliphatic rings. The molecule has 0 fully saturated rings. The van der Waals surface area contributed by atoms with Gasteiger partial charge >= 0.3 is 17.8 Å². The van der Waals surface area contributed by atoms with Gasteiger partial charge in [-0.25, -0.2) is 18.1 Å². The number of ether oxygens (including phenoxy) is 1. The maximum absolute atomic E-state index is 14.8. The minimum absolute atomic E-state index is 0.00568. The predicted octanol–water partition coefficient (Wildman–Crippen LogP) is 7.19. The normalized spacial score (nSPS) is 11.5. The zero-order chi connectivity index (χ0) is 33.0. The lowest BCUT2D eigenvalue weighted by atomic mass is 9.98. The van der Waals surface area contributed by atoms with E-state index in [1.54, 1.807) is 12.1 Å². The largest absolute Gasteiger partial charge is 0.494 e. The third-order valence-corrected chi connectivity index (χ3v) is 7.30. The van der Waals surface area contributed by atoms with Crippen LogP contribution in [0.3, 0.4) is 0 Å². The van der Waals surface area contributed by atoms with Crippen LogP contribution in [0.15, 0.2) is 89.7 Å². The SMILES string of the molecule is CCOc1ccc(-c2ccc(CCCc3nn(-c4ccc(C(F)(F)F)cc4)c(=O)n3-c3c(F)cccc3F)cc2)cc1CC(=O)O. The van der Waals surface area contributed by atoms with Crippen molar-refractivity contribution in [2.24, 2.45) is 0 Å². The molecule has 1 aromatic heterocycles. The maximum Gasteiger partial charge on any atom is 0.416 e. The number of hydrogen-bond donors (Lipinski definition) is 1. The third kappa shape index (κ3) is 7.01. The molecule has 0 amide bonds. The van der Waals surface area contributed by atoms with E-state index in [0.717, 1.165) is 68.4 Å². The van der Waals surface area contributed by atoms with Crippen LogP contribution in [0.25, 0.3) is 22.5 Å². The van der Waals surface area contributed by atoms with Gasteiger partial charge in [-0.2, -0.15) is 17.9 Å². The highest BCUT2D eigenvalue weighted by molar-refractivity contribution is 5.74. The number of aromatic nitrogens is 3. The molecule has 5 rings (SSSR count). The second-order valence-corrected chi connectivity index (χ2v) is 10.4. The molecular formula is C34H28F5N3O4. The van der Waals surface area contributed by atoms with Gasteiger partial charge in [0, 0.05) is 12.0 Å². The Morgan fingerprint density at radius 1 is 0.891 bits per heavy atom. The average molecular weight is 638 g/mol.